The smallest absolute Gasteiger partial charge is 0.339 e. The van der Waals surface area contributed by atoms with Gasteiger partial charge in [-0.1, -0.05) is 0 Å². The fraction of sp³-hybridized carbons (Fsp3) is 0.250. The van der Waals surface area contributed by atoms with E-state index in [1.54, 1.807) is 0 Å². The third kappa shape index (κ3) is 2.40. The summed E-state index contributed by atoms with van der Waals surface area (Å²) in [6.45, 7) is -0.0209. The summed E-state index contributed by atoms with van der Waals surface area (Å²) in [6.07, 6.45) is 0.0135. The van der Waals surface area contributed by atoms with Gasteiger partial charge in [0.25, 0.3) is 0 Å². The molecule has 20 heavy (non-hydrogen) atoms. The van der Waals surface area contributed by atoms with Gasteiger partial charge in [-0.25, -0.2) is 14.0 Å². The van der Waals surface area contributed by atoms with Crippen molar-refractivity contribution in [1.29, 1.82) is 0 Å². The summed E-state index contributed by atoms with van der Waals surface area (Å²) in [5.74, 6) is -2.72. The first-order valence-electron chi connectivity index (χ1n) is 5.66. The third-order valence-corrected chi connectivity index (χ3v) is 2.84. The summed E-state index contributed by atoms with van der Waals surface area (Å²) < 4.78 is 18.7. The Morgan fingerprint density at radius 1 is 1.45 bits per heavy atom. The molecule has 1 aromatic carbocycles. The minimum atomic E-state index is -1.31. The number of anilines is 1. The SMILES string of the molecule is COc1cc(F)c(N2CCC(=O)NC2=O)cc1C(=O)O. The van der Waals surface area contributed by atoms with Gasteiger partial charge in [-0.05, 0) is 6.07 Å². The average Bonchev–Trinajstić information content (AvgIpc) is 2.38. The van der Waals surface area contributed by atoms with Crippen LogP contribution in [0.25, 0.3) is 0 Å². The second-order valence-corrected chi connectivity index (χ2v) is 4.06. The summed E-state index contributed by atoms with van der Waals surface area (Å²) in [5, 5.41) is 11.1. The molecule has 1 aromatic rings. The molecule has 0 saturated carbocycles. The van der Waals surface area contributed by atoms with Gasteiger partial charge in [0.15, 0.2) is 5.82 Å². The van der Waals surface area contributed by atoms with Crippen LogP contribution in [0.2, 0.25) is 0 Å². The molecule has 0 radical (unpaired) electrons. The first-order valence-corrected chi connectivity index (χ1v) is 5.66. The summed E-state index contributed by atoms with van der Waals surface area (Å²) in [6, 6.07) is 1.11. The molecular weight excluding hydrogens is 271 g/mol. The van der Waals surface area contributed by atoms with Crippen LogP contribution < -0.4 is 15.0 Å². The topological polar surface area (TPSA) is 95.9 Å². The van der Waals surface area contributed by atoms with E-state index in [1.165, 1.54) is 7.11 Å². The summed E-state index contributed by atoms with van der Waals surface area (Å²) in [4.78, 5) is 34.7. The monoisotopic (exact) mass is 282 g/mol. The fourth-order valence-corrected chi connectivity index (χ4v) is 1.88. The molecule has 0 atom stereocenters. The quantitative estimate of drug-likeness (QED) is 0.861. The number of rotatable bonds is 3. The van der Waals surface area contributed by atoms with E-state index in [9.17, 15) is 18.8 Å². The molecule has 1 aliphatic rings. The molecule has 0 bridgehead atoms. The number of benzene rings is 1. The van der Waals surface area contributed by atoms with Gasteiger partial charge in [0, 0.05) is 19.0 Å². The number of amides is 3. The van der Waals surface area contributed by atoms with Crippen LogP contribution in [0.15, 0.2) is 12.1 Å². The van der Waals surface area contributed by atoms with E-state index in [0.29, 0.717) is 0 Å². The van der Waals surface area contributed by atoms with E-state index in [1.807, 2.05) is 5.32 Å². The molecule has 0 spiro atoms. The van der Waals surface area contributed by atoms with Crippen LogP contribution in [0.4, 0.5) is 14.9 Å². The van der Waals surface area contributed by atoms with Gasteiger partial charge in [-0.3, -0.25) is 15.0 Å². The standard InChI is InChI=1S/C12H11FN2O5/c1-20-9-5-7(13)8(4-6(9)11(17)18)15-3-2-10(16)14-12(15)19/h4-5H,2-3H2,1H3,(H,17,18)(H,14,16,19). The number of nitrogens with zero attached hydrogens (tertiary/aromatic N) is 1. The van der Waals surface area contributed by atoms with E-state index in [4.69, 9.17) is 9.84 Å². The van der Waals surface area contributed by atoms with Crippen molar-refractivity contribution in [3.63, 3.8) is 0 Å². The first-order chi connectivity index (χ1) is 9.43. The lowest BCUT2D eigenvalue weighted by molar-refractivity contribution is -0.120. The number of methoxy groups -OCH3 is 1. The number of carboxylic acids is 1. The predicted molar refractivity (Wildman–Crippen MR) is 65.4 cm³/mol. The zero-order valence-electron chi connectivity index (χ0n) is 10.5. The number of carboxylic acid groups (broad SMARTS) is 1. The van der Waals surface area contributed by atoms with Gasteiger partial charge in [0.2, 0.25) is 5.91 Å². The number of hydrogen-bond acceptors (Lipinski definition) is 4. The van der Waals surface area contributed by atoms with E-state index >= 15 is 0 Å². The Bertz CT molecular complexity index is 602. The molecule has 2 rings (SSSR count). The normalized spacial score (nSPS) is 15.0. The number of halogens is 1. The van der Waals surface area contributed by atoms with E-state index in [0.717, 1.165) is 17.0 Å². The second-order valence-electron chi connectivity index (χ2n) is 4.06. The van der Waals surface area contributed by atoms with E-state index in [2.05, 4.69) is 0 Å². The van der Waals surface area contributed by atoms with Crippen LogP contribution in [-0.2, 0) is 4.79 Å². The van der Waals surface area contributed by atoms with Crippen LogP contribution in [0.1, 0.15) is 16.8 Å². The molecule has 8 heteroatoms. The van der Waals surface area contributed by atoms with Crippen molar-refractivity contribution in [2.45, 2.75) is 6.42 Å². The summed E-state index contributed by atoms with van der Waals surface area (Å²) in [7, 11) is 1.22. The maximum Gasteiger partial charge on any atom is 0.339 e. The third-order valence-electron chi connectivity index (χ3n) is 2.84. The number of hydrogen-bond donors (Lipinski definition) is 2. The number of urea groups is 1. The zero-order chi connectivity index (χ0) is 14.9. The van der Waals surface area contributed by atoms with Crippen LogP contribution >= 0.6 is 0 Å². The first kappa shape index (κ1) is 13.8. The molecule has 1 saturated heterocycles. The van der Waals surface area contributed by atoms with Crippen molar-refractivity contribution in [1.82, 2.24) is 5.32 Å². The highest BCUT2D eigenvalue weighted by molar-refractivity contribution is 6.06. The highest BCUT2D eigenvalue weighted by atomic mass is 19.1. The number of ether oxygens (including phenoxy) is 1. The maximum atomic E-state index is 14.0. The number of imide groups is 1. The Hall–Kier alpha value is -2.64. The number of aromatic carboxylic acids is 1. The van der Waals surface area contributed by atoms with Gasteiger partial charge in [0.05, 0.1) is 12.8 Å². The molecule has 2 N–H and O–H groups in total. The minimum Gasteiger partial charge on any atom is -0.496 e. The average molecular weight is 282 g/mol. The molecule has 0 aliphatic carbocycles. The van der Waals surface area contributed by atoms with E-state index in [-0.39, 0.29) is 30.0 Å². The van der Waals surface area contributed by atoms with Gasteiger partial charge in [-0.15, -0.1) is 0 Å². The fourth-order valence-electron chi connectivity index (χ4n) is 1.88. The number of nitrogens with one attached hydrogen (secondary N) is 1. The number of carbonyl (C=O) groups excluding carboxylic acids is 2. The van der Waals surface area contributed by atoms with Gasteiger partial charge in [0.1, 0.15) is 11.3 Å². The molecule has 0 unspecified atom stereocenters. The highest BCUT2D eigenvalue weighted by Crippen LogP contribution is 2.29. The van der Waals surface area contributed by atoms with Gasteiger partial charge in [-0.2, -0.15) is 0 Å². The van der Waals surface area contributed by atoms with Crippen molar-refractivity contribution >= 4 is 23.6 Å². The van der Waals surface area contributed by atoms with E-state index < -0.39 is 23.7 Å². The molecule has 3 amide bonds. The Morgan fingerprint density at radius 2 is 2.15 bits per heavy atom. The minimum absolute atomic E-state index is 0.0135. The maximum absolute atomic E-state index is 14.0. The zero-order valence-corrected chi connectivity index (χ0v) is 10.5. The molecule has 106 valence electrons. The second kappa shape index (κ2) is 5.16. The van der Waals surface area contributed by atoms with Crippen LogP contribution in [-0.4, -0.2) is 36.7 Å². The molecule has 1 aliphatic heterocycles. The van der Waals surface area contributed by atoms with Crippen molar-refractivity contribution < 1.29 is 28.6 Å². The Balaban J connectivity index is 2.46. The van der Waals surface area contributed by atoms with Crippen molar-refractivity contribution in [3.8, 4) is 5.75 Å². The van der Waals surface area contributed by atoms with Gasteiger partial charge >= 0.3 is 12.0 Å². The Morgan fingerprint density at radius 3 is 2.70 bits per heavy atom. The highest BCUT2D eigenvalue weighted by Gasteiger charge is 2.28. The molecular formula is C12H11FN2O5. The summed E-state index contributed by atoms with van der Waals surface area (Å²) in [5.41, 5.74) is -0.484. The van der Waals surface area contributed by atoms with Crippen molar-refractivity contribution in [3.05, 3.63) is 23.5 Å². The molecule has 0 aromatic heterocycles. The van der Waals surface area contributed by atoms with Crippen molar-refractivity contribution in [2.24, 2.45) is 0 Å². The Kier molecular flexibility index (Phi) is 3.55. The largest absolute Gasteiger partial charge is 0.496 e. The molecule has 7 nitrogen and oxygen atoms in total. The lowest BCUT2D eigenvalue weighted by atomic mass is 10.1. The van der Waals surface area contributed by atoms with Crippen LogP contribution in [0.3, 0.4) is 0 Å². The van der Waals surface area contributed by atoms with Crippen LogP contribution in [0.5, 0.6) is 5.75 Å². The lowest BCUT2D eigenvalue weighted by Crippen LogP contribution is -2.50. The van der Waals surface area contributed by atoms with Gasteiger partial charge < -0.3 is 9.84 Å². The number of carbonyl (C=O) groups is 3. The van der Waals surface area contributed by atoms with Crippen molar-refractivity contribution in [2.75, 3.05) is 18.6 Å². The lowest BCUT2D eigenvalue weighted by Gasteiger charge is -2.27. The van der Waals surface area contributed by atoms with Crippen LogP contribution in [0, 0.1) is 5.82 Å². The molecule has 1 heterocycles. The summed E-state index contributed by atoms with van der Waals surface area (Å²) >= 11 is 0. The Labute approximate surface area is 112 Å². The predicted octanol–water partition coefficient (Wildman–Crippen LogP) is 0.979. The molecule has 1 fully saturated rings.